The number of aromatic amines is 1. The van der Waals surface area contributed by atoms with Gasteiger partial charge in [-0.3, -0.25) is 4.79 Å². The van der Waals surface area contributed by atoms with Crippen LogP contribution in [0.1, 0.15) is 39.0 Å². The monoisotopic (exact) mass is 412 g/mol. The predicted octanol–water partition coefficient (Wildman–Crippen LogP) is 3.67. The smallest absolute Gasteiger partial charge is 0.340 e. The minimum absolute atomic E-state index is 0.279. The number of H-pyrrole nitrogens is 1. The van der Waals surface area contributed by atoms with Crippen LogP contribution in [0.2, 0.25) is 0 Å². The number of ether oxygens (including phenoxy) is 1. The van der Waals surface area contributed by atoms with Crippen molar-refractivity contribution in [1.82, 2.24) is 4.98 Å². The van der Waals surface area contributed by atoms with Gasteiger partial charge in [0.1, 0.15) is 5.69 Å². The van der Waals surface area contributed by atoms with Gasteiger partial charge in [0, 0.05) is 15.0 Å². The molecule has 0 aliphatic heterocycles. The van der Waals surface area contributed by atoms with E-state index < -0.39 is 5.97 Å². The molecule has 0 bridgehead atoms. The highest BCUT2D eigenvalue weighted by atomic mass is 127. The normalized spacial score (nSPS) is 10.4. The van der Waals surface area contributed by atoms with E-state index in [9.17, 15) is 9.59 Å². The summed E-state index contributed by atoms with van der Waals surface area (Å²) in [6.45, 7) is 5.54. The molecule has 5 nitrogen and oxygen atoms in total. The Hall–Kier alpha value is -1.83. The van der Waals surface area contributed by atoms with Crippen LogP contribution in [-0.2, 0) is 4.74 Å². The molecule has 116 valence electrons. The second-order valence-electron chi connectivity index (χ2n) is 4.81. The van der Waals surface area contributed by atoms with Crippen molar-refractivity contribution >= 4 is 40.2 Å². The van der Waals surface area contributed by atoms with Crippen molar-refractivity contribution in [2.24, 2.45) is 0 Å². The van der Waals surface area contributed by atoms with Crippen LogP contribution in [0.3, 0.4) is 0 Å². The molecule has 1 aromatic heterocycles. The van der Waals surface area contributed by atoms with Crippen molar-refractivity contribution in [3.63, 3.8) is 0 Å². The average Bonchev–Trinajstić information content (AvgIpc) is 2.74. The summed E-state index contributed by atoms with van der Waals surface area (Å²) >= 11 is 2.18. The van der Waals surface area contributed by atoms with Crippen LogP contribution in [0.15, 0.2) is 24.3 Å². The molecule has 1 aromatic carbocycles. The predicted molar refractivity (Wildman–Crippen MR) is 93.3 cm³/mol. The van der Waals surface area contributed by atoms with Crippen molar-refractivity contribution in [2.75, 3.05) is 11.9 Å². The first-order valence-electron chi connectivity index (χ1n) is 6.87. The van der Waals surface area contributed by atoms with Crippen LogP contribution in [0, 0.1) is 17.4 Å². The maximum absolute atomic E-state index is 12.4. The molecule has 1 amide bonds. The minimum Gasteiger partial charge on any atom is -0.462 e. The number of carbonyl (C=O) groups excluding carboxylic acids is 2. The lowest BCUT2D eigenvalue weighted by molar-refractivity contribution is 0.0525. The van der Waals surface area contributed by atoms with E-state index in [0.29, 0.717) is 34.8 Å². The first kappa shape index (κ1) is 16.5. The molecular formula is C16H17IN2O3. The fraction of sp³-hybridized carbons (Fsp3) is 0.250. The first-order valence-corrected chi connectivity index (χ1v) is 7.95. The average molecular weight is 412 g/mol. The molecule has 2 aromatic rings. The maximum Gasteiger partial charge on any atom is 0.340 e. The van der Waals surface area contributed by atoms with Crippen molar-refractivity contribution in [3.8, 4) is 0 Å². The molecule has 0 radical (unpaired) electrons. The number of hydrogen-bond donors (Lipinski definition) is 2. The van der Waals surface area contributed by atoms with E-state index in [1.165, 1.54) is 0 Å². The van der Waals surface area contributed by atoms with Gasteiger partial charge in [-0.15, -0.1) is 0 Å². The number of amides is 1. The summed E-state index contributed by atoms with van der Waals surface area (Å²) in [5, 5.41) is 2.82. The fourth-order valence-electron chi connectivity index (χ4n) is 2.25. The fourth-order valence-corrected chi connectivity index (χ4v) is 2.79. The Morgan fingerprint density at radius 2 is 2.05 bits per heavy atom. The molecule has 0 saturated heterocycles. The van der Waals surface area contributed by atoms with E-state index >= 15 is 0 Å². The number of benzene rings is 1. The van der Waals surface area contributed by atoms with Crippen molar-refractivity contribution < 1.29 is 14.3 Å². The lowest BCUT2D eigenvalue weighted by Gasteiger charge is -2.05. The Morgan fingerprint density at radius 1 is 1.32 bits per heavy atom. The number of aromatic nitrogens is 1. The number of nitrogens with one attached hydrogen (secondary N) is 2. The number of rotatable bonds is 4. The SMILES string of the molecule is CCOC(=O)c1c(C)[nH]c(C(=O)Nc2cccc(I)c2)c1C. The number of hydrogen-bond acceptors (Lipinski definition) is 3. The molecule has 22 heavy (non-hydrogen) atoms. The summed E-state index contributed by atoms with van der Waals surface area (Å²) in [5.41, 5.74) is 2.73. The highest BCUT2D eigenvalue weighted by molar-refractivity contribution is 14.1. The van der Waals surface area contributed by atoms with E-state index in [1.807, 2.05) is 24.3 Å². The van der Waals surface area contributed by atoms with Gasteiger partial charge >= 0.3 is 5.97 Å². The standard InChI is InChI=1S/C16H17IN2O3/c1-4-22-16(21)13-9(2)14(18-10(13)3)15(20)19-12-7-5-6-11(17)8-12/h5-8,18H,4H2,1-3H3,(H,19,20). The third-order valence-electron chi connectivity index (χ3n) is 3.23. The summed E-state index contributed by atoms with van der Waals surface area (Å²) in [6.07, 6.45) is 0. The zero-order valence-corrected chi connectivity index (χ0v) is 14.8. The molecule has 0 saturated carbocycles. The number of anilines is 1. The Kier molecular flexibility index (Phi) is 5.23. The molecular weight excluding hydrogens is 395 g/mol. The van der Waals surface area contributed by atoms with Crippen LogP contribution in [0.25, 0.3) is 0 Å². The van der Waals surface area contributed by atoms with Gasteiger partial charge in [0.05, 0.1) is 12.2 Å². The summed E-state index contributed by atoms with van der Waals surface area (Å²) < 4.78 is 6.05. The topological polar surface area (TPSA) is 71.2 Å². The number of aryl methyl sites for hydroxylation is 1. The summed E-state index contributed by atoms with van der Waals surface area (Å²) in [4.78, 5) is 27.3. The molecule has 6 heteroatoms. The van der Waals surface area contributed by atoms with E-state index in [2.05, 4.69) is 32.9 Å². The summed E-state index contributed by atoms with van der Waals surface area (Å²) in [6, 6.07) is 7.50. The van der Waals surface area contributed by atoms with Crippen LogP contribution < -0.4 is 5.32 Å². The van der Waals surface area contributed by atoms with E-state index in [1.54, 1.807) is 20.8 Å². The van der Waals surface area contributed by atoms with Crippen molar-refractivity contribution in [2.45, 2.75) is 20.8 Å². The van der Waals surface area contributed by atoms with Gasteiger partial charge in [-0.1, -0.05) is 6.07 Å². The molecule has 2 rings (SSSR count). The highest BCUT2D eigenvalue weighted by Gasteiger charge is 2.22. The minimum atomic E-state index is -0.415. The van der Waals surface area contributed by atoms with Crippen LogP contribution in [0.4, 0.5) is 5.69 Å². The third kappa shape index (κ3) is 3.49. The highest BCUT2D eigenvalue weighted by Crippen LogP contribution is 2.21. The zero-order valence-electron chi connectivity index (χ0n) is 12.6. The Bertz CT molecular complexity index is 722. The van der Waals surface area contributed by atoms with Crippen molar-refractivity contribution in [1.29, 1.82) is 0 Å². The van der Waals surface area contributed by atoms with Gasteiger partial charge in [-0.25, -0.2) is 4.79 Å². The van der Waals surface area contributed by atoms with E-state index in [-0.39, 0.29) is 5.91 Å². The first-order chi connectivity index (χ1) is 10.4. The third-order valence-corrected chi connectivity index (χ3v) is 3.90. The van der Waals surface area contributed by atoms with Crippen LogP contribution in [0.5, 0.6) is 0 Å². The Balaban J connectivity index is 2.27. The molecule has 0 spiro atoms. The van der Waals surface area contributed by atoms with Crippen LogP contribution in [-0.4, -0.2) is 23.5 Å². The summed E-state index contributed by atoms with van der Waals surface area (Å²) in [5.74, 6) is -0.694. The molecule has 1 heterocycles. The lowest BCUT2D eigenvalue weighted by Crippen LogP contribution is -2.14. The largest absolute Gasteiger partial charge is 0.462 e. The number of carbonyl (C=O) groups is 2. The molecule has 0 atom stereocenters. The van der Waals surface area contributed by atoms with Gasteiger partial charge in [-0.05, 0) is 67.1 Å². The zero-order chi connectivity index (χ0) is 16.3. The van der Waals surface area contributed by atoms with Gasteiger partial charge in [0.2, 0.25) is 0 Å². The van der Waals surface area contributed by atoms with Gasteiger partial charge < -0.3 is 15.0 Å². The van der Waals surface area contributed by atoms with Gasteiger partial charge in [-0.2, -0.15) is 0 Å². The van der Waals surface area contributed by atoms with Crippen molar-refractivity contribution in [3.05, 3.63) is 50.4 Å². The van der Waals surface area contributed by atoms with E-state index in [0.717, 1.165) is 3.57 Å². The number of esters is 1. The van der Waals surface area contributed by atoms with Crippen LogP contribution >= 0.6 is 22.6 Å². The molecule has 2 N–H and O–H groups in total. The summed E-state index contributed by atoms with van der Waals surface area (Å²) in [7, 11) is 0. The molecule has 0 unspecified atom stereocenters. The van der Waals surface area contributed by atoms with Gasteiger partial charge in [0.15, 0.2) is 0 Å². The van der Waals surface area contributed by atoms with Gasteiger partial charge in [0.25, 0.3) is 5.91 Å². The maximum atomic E-state index is 12.4. The quantitative estimate of drug-likeness (QED) is 0.595. The second-order valence-corrected chi connectivity index (χ2v) is 6.06. The van der Waals surface area contributed by atoms with E-state index in [4.69, 9.17) is 4.74 Å². The Labute approximate surface area is 142 Å². The molecule has 0 aliphatic rings. The molecule has 0 fully saturated rings. The number of halogens is 1. The molecule has 0 aliphatic carbocycles. The second kappa shape index (κ2) is 6.95. The Morgan fingerprint density at radius 3 is 2.68 bits per heavy atom. The lowest BCUT2D eigenvalue weighted by atomic mass is 10.1.